The molecule has 25 heavy (non-hydrogen) atoms. The van der Waals surface area contributed by atoms with Crippen molar-refractivity contribution in [2.45, 2.75) is 27.2 Å². The molecule has 2 amide bonds. The minimum absolute atomic E-state index is 0.0436. The number of amides is 2. The summed E-state index contributed by atoms with van der Waals surface area (Å²) >= 11 is 0. The number of benzene rings is 1. The zero-order chi connectivity index (χ0) is 18.8. The Morgan fingerprint density at radius 2 is 1.56 bits per heavy atom. The van der Waals surface area contributed by atoms with Crippen LogP contribution in [-0.2, 0) is 9.59 Å². The molecule has 0 radical (unpaired) electrons. The number of rotatable bonds is 10. The molecule has 0 bridgehead atoms. The number of hydrogen-bond donors (Lipinski definition) is 1. The van der Waals surface area contributed by atoms with Crippen molar-refractivity contribution in [3.05, 3.63) is 24.3 Å². The van der Waals surface area contributed by atoms with Crippen molar-refractivity contribution in [3.8, 4) is 0 Å². The molecule has 1 aromatic rings. The standard InChI is InChI=1S/C19H32N4O2/c1-6-22(7-2)17-9-11-18(12-10-17)23(16(3)24)15-19(25)20-13-8-14-21(4)5/h9-12H,6-8,13-15H2,1-5H3,(H,20,25). The third kappa shape index (κ3) is 7.13. The summed E-state index contributed by atoms with van der Waals surface area (Å²) in [5, 5.41) is 2.87. The Balaban J connectivity index is 2.67. The first-order valence-electron chi connectivity index (χ1n) is 8.93. The van der Waals surface area contributed by atoms with Crippen molar-refractivity contribution in [2.75, 3.05) is 56.6 Å². The lowest BCUT2D eigenvalue weighted by Crippen LogP contribution is -2.40. The number of hydrogen-bond acceptors (Lipinski definition) is 4. The van der Waals surface area contributed by atoms with Crippen LogP contribution in [0.4, 0.5) is 11.4 Å². The molecular formula is C19H32N4O2. The fraction of sp³-hybridized carbons (Fsp3) is 0.579. The molecule has 140 valence electrons. The van der Waals surface area contributed by atoms with Crippen molar-refractivity contribution >= 4 is 23.2 Å². The van der Waals surface area contributed by atoms with Crippen LogP contribution < -0.4 is 15.1 Å². The highest BCUT2D eigenvalue weighted by Crippen LogP contribution is 2.20. The maximum atomic E-state index is 12.1. The number of carbonyl (C=O) groups excluding carboxylic acids is 2. The number of carbonyl (C=O) groups is 2. The van der Waals surface area contributed by atoms with E-state index < -0.39 is 0 Å². The lowest BCUT2D eigenvalue weighted by atomic mass is 10.2. The number of nitrogens with zero attached hydrogens (tertiary/aromatic N) is 3. The first kappa shape index (κ1) is 21.0. The molecule has 0 saturated carbocycles. The second-order valence-electron chi connectivity index (χ2n) is 6.30. The largest absolute Gasteiger partial charge is 0.372 e. The second-order valence-corrected chi connectivity index (χ2v) is 6.30. The molecule has 0 fully saturated rings. The van der Waals surface area contributed by atoms with E-state index in [0.717, 1.165) is 37.4 Å². The summed E-state index contributed by atoms with van der Waals surface area (Å²) in [6.07, 6.45) is 0.886. The molecule has 0 aliphatic rings. The lowest BCUT2D eigenvalue weighted by Gasteiger charge is -2.24. The van der Waals surface area contributed by atoms with E-state index in [4.69, 9.17) is 0 Å². The maximum absolute atomic E-state index is 12.1. The van der Waals surface area contributed by atoms with Gasteiger partial charge in [-0.25, -0.2) is 0 Å². The molecule has 0 heterocycles. The summed E-state index contributed by atoms with van der Waals surface area (Å²) < 4.78 is 0. The van der Waals surface area contributed by atoms with Crippen LogP contribution in [0.25, 0.3) is 0 Å². The smallest absolute Gasteiger partial charge is 0.240 e. The van der Waals surface area contributed by atoms with E-state index in [9.17, 15) is 9.59 Å². The van der Waals surface area contributed by atoms with Crippen LogP contribution in [0, 0.1) is 0 Å². The van der Waals surface area contributed by atoms with Gasteiger partial charge in [0.1, 0.15) is 6.54 Å². The van der Waals surface area contributed by atoms with E-state index in [1.807, 2.05) is 38.4 Å². The van der Waals surface area contributed by atoms with E-state index >= 15 is 0 Å². The molecule has 0 unspecified atom stereocenters. The van der Waals surface area contributed by atoms with E-state index in [0.29, 0.717) is 6.54 Å². The molecule has 0 aliphatic heterocycles. The minimum atomic E-state index is -0.140. The zero-order valence-corrected chi connectivity index (χ0v) is 16.2. The summed E-state index contributed by atoms with van der Waals surface area (Å²) in [7, 11) is 4.00. The van der Waals surface area contributed by atoms with Gasteiger partial charge < -0.3 is 20.0 Å². The Morgan fingerprint density at radius 3 is 2.04 bits per heavy atom. The molecule has 0 spiro atoms. The highest BCUT2D eigenvalue weighted by atomic mass is 16.2. The zero-order valence-electron chi connectivity index (χ0n) is 16.2. The quantitative estimate of drug-likeness (QED) is 0.657. The van der Waals surface area contributed by atoms with Gasteiger partial charge in [0.25, 0.3) is 0 Å². The van der Waals surface area contributed by atoms with Gasteiger partial charge in [-0.3, -0.25) is 9.59 Å². The van der Waals surface area contributed by atoms with Crippen LogP contribution in [0.15, 0.2) is 24.3 Å². The second kappa shape index (κ2) is 10.7. The Hall–Kier alpha value is -2.08. The lowest BCUT2D eigenvalue weighted by molar-refractivity contribution is -0.123. The topological polar surface area (TPSA) is 55.9 Å². The maximum Gasteiger partial charge on any atom is 0.240 e. The van der Waals surface area contributed by atoms with Gasteiger partial charge in [0.05, 0.1) is 0 Å². The predicted molar refractivity (Wildman–Crippen MR) is 104 cm³/mol. The van der Waals surface area contributed by atoms with Gasteiger partial charge >= 0.3 is 0 Å². The minimum Gasteiger partial charge on any atom is -0.372 e. The van der Waals surface area contributed by atoms with Gasteiger partial charge in [0, 0.05) is 37.9 Å². The Kier molecular flexibility index (Phi) is 8.99. The SMILES string of the molecule is CCN(CC)c1ccc(N(CC(=O)NCCCN(C)C)C(C)=O)cc1. The van der Waals surface area contributed by atoms with E-state index in [1.165, 1.54) is 11.8 Å². The molecule has 0 saturated heterocycles. The van der Waals surface area contributed by atoms with E-state index in [2.05, 4.69) is 29.0 Å². The van der Waals surface area contributed by atoms with Gasteiger partial charge in [-0.15, -0.1) is 0 Å². The third-order valence-electron chi connectivity index (χ3n) is 4.08. The average Bonchev–Trinajstić information content (AvgIpc) is 2.58. The van der Waals surface area contributed by atoms with Crippen molar-refractivity contribution in [1.82, 2.24) is 10.2 Å². The van der Waals surface area contributed by atoms with Gasteiger partial charge in [-0.1, -0.05) is 0 Å². The summed E-state index contributed by atoms with van der Waals surface area (Å²) in [5.74, 6) is -0.277. The first-order valence-corrected chi connectivity index (χ1v) is 8.93. The van der Waals surface area contributed by atoms with Gasteiger partial charge in [-0.2, -0.15) is 0 Å². The summed E-state index contributed by atoms with van der Waals surface area (Å²) in [6, 6.07) is 7.78. The van der Waals surface area contributed by atoms with Gasteiger partial charge in [-0.05, 0) is 65.2 Å². The fourth-order valence-electron chi connectivity index (χ4n) is 2.64. The van der Waals surface area contributed by atoms with Crippen molar-refractivity contribution in [2.24, 2.45) is 0 Å². The predicted octanol–water partition coefficient (Wildman–Crippen LogP) is 1.95. The van der Waals surface area contributed by atoms with Gasteiger partial charge in [0.15, 0.2) is 0 Å². The molecular weight excluding hydrogens is 316 g/mol. The highest BCUT2D eigenvalue weighted by Gasteiger charge is 2.16. The highest BCUT2D eigenvalue weighted by molar-refractivity contribution is 5.97. The van der Waals surface area contributed by atoms with Crippen LogP contribution in [-0.4, -0.2) is 63.5 Å². The van der Waals surface area contributed by atoms with Crippen LogP contribution in [0.5, 0.6) is 0 Å². The monoisotopic (exact) mass is 348 g/mol. The molecule has 0 atom stereocenters. The average molecular weight is 348 g/mol. The van der Waals surface area contributed by atoms with Crippen LogP contribution in [0.3, 0.4) is 0 Å². The summed E-state index contributed by atoms with van der Waals surface area (Å²) in [6.45, 7) is 9.15. The van der Waals surface area contributed by atoms with Crippen LogP contribution in [0.2, 0.25) is 0 Å². The van der Waals surface area contributed by atoms with Gasteiger partial charge in [0.2, 0.25) is 11.8 Å². The van der Waals surface area contributed by atoms with Crippen molar-refractivity contribution in [1.29, 1.82) is 0 Å². The Bertz CT molecular complexity index is 539. The Morgan fingerprint density at radius 1 is 1.00 bits per heavy atom. The van der Waals surface area contributed by atoms with E-state index in [1.54, 1.807) is 0 Å². The molecule has 1 N–H and O–H groups in total. The van der Waals surface area contributed by atoms with Crippen molar-refractivity contribution in [3.63, 3.8) is 0 Å². The number of anilines is 2. The molecule has 6 nitrogen and oxygen atoms in total. The van der Waals surface area contributed by atoms with Crippen molar-refractivity contribution < 1.29 is 9.59 Å². The molecule has 6 heteroatoms. The Labute approximate surface area is 151 Å². The molecule has 1 aromatic carbocycles. The summed E-state index contributed by atoms with van der Waals surface area (Å²) in [4.78, 5) is 29.9. The van der Waals surface area contributed by atoms with Crippen LogP contribution in [0.1, 0.15) is 27.2 Å². The number of nitrogens with one attached hydrogen (secondary N) is 1. The van der Waals surface area contributed by atoms with E-state index in [-0.39, 0.29) is 18.4 Å². The molecule has 0 aliphatic carbocycles. The summed E-state index contributed by atoms with van der Waals surface area (Å²) in [5.41, 5.74) is 1.86. The van der Waals surface area contributed by atoms with Crippen LogP contribution >= 0.6 is 0 Å². The first-order chi connectivity index (χ1) is 11.9. The molecule has 1 rings (SSSR count). The normalized spacial score (nSPS) is 10.6. The molecule has 0 aromatic heterocycles. The third-order valence-corrected chi connectivity index (χ3v) is 4.08. The fourth-order valence-corrected chi connectivity index (χ4v) is 2.64.